The van der Waals surface area contributed by atoms with Crippen molar-refractivity contribution in [3.63, 3.8) is 0 Å². The van der Waals surface area contributed by atoms with Crippen LogP contribution in [0.25, 0.3) is 6.08 Å². The molecule has 18 heavy (non-hydrogen) atoms. The summed E-state index contributed by atoms with van der Waals surface area (Å²) in [6.45, 7) is 12.7. The fourth-order valence-corrected chi connectivity index (χ4v) is 1.58. The second-order valence-electron chi connectivity index (χ2n) is 5.27. The first-order chi connectivity index (χ1) is 8.44. The number of para-hydroxylation sites is 1. The Balaban J connectivity index is 2.61. The van der Waals surface area contributed by atoms with E-state index in [1.807, 2.05) is 38.1 Å². The molecule has 1 aromatic carbocycles. The predicted octanol–water partition coefficient (Wildman–Crippen LogP) is 4.51. The Bertz CT molecular complexity index is 380. The van der Waals surface area contributed by atoms with E-state index in [1.165, 1.54) is 0 Å². The Labute approximate surface area is 111 Å². The predicted molar refractivity (Wildman–Crippen MR) is 76.6 cm³/mol. The van der Waals surface area contributed by atoms with Crippen molar-refractivity contribution < 1.29 is 9.47 Å². The van der Waals surface area contributed by atoms with Crippen molar-refractivity contribution in [1.29, 1.82) is 0 Å². The molecule has 0 N–H and O–H groups in total. The minimum atomic E-state index is -0.617. The van der Waals surface area contributed by atoms with E-state index in [1.54, 1.807) is 6.08 Å². The molecule has 0 aromatic heterocycles. The summed E-state index contributed by atoms with van der Waals surface area (Å²) in [7, 11) is 0. The summed E-state index contributed by atoms with van der Waals surface area (Å²) < 4.78 is 11.7. The maximum Gasteiger partial charge on any atom is 0.204 e. The summed E-state index contributed by atoms with van der Waals surface area (Å²) >= 11 is 0. The number of hydrogen-bond acceptors (Lipinski definition) is 2. The molecule has 100 valence electrons. The zero-order valence-electron chi connectivity index (χ0n) is 11.9. The van der Waals surface area contributed by atoms with Gasteiger partial charge in [0.25, 0.3) is 0 Å². The fourth-order valence-electron chi connectivity index (χ4n) is 1.58. The molecule has 0 spiro atoms. The van der Waals surface area contributed by atoms with Crippen LogP contribution in [0.1, 0.15) is 39.7 Å². The monoisotopic (exact) mass is 248 g/mol. The molecule has 0 bridgehead atoms. The molecule has 0 aliphatic heterocycles. The van der Waals surface area contributed by atoms with E-state index in [0.29, 0.717) is 12.5 Å². The lowest BCUT2D eigenvalue weighted by Crippen LogP contribution is -2.32. The molecule has 0 atom stereocenters. The van der Waals surface area contributed by atoms with Crippen molar-refractivity contribution in [2.75, 3.05) is 6.61 Å². The highest BCUT2D eigenvalue weighted by Gasteiger charge is 2.21. The molecule has 0 saturated carbocycles. The SMILES string of the molecule is C=Cc1ccccc1OC(C)(C)OCCC(C)C. The number of benzene rings is 1. The van der Waals surface area contributed by atoms with E-state index in [9.17, 15) is 0 Å². The molecule has 0 unspecified atom stereocenters. The average molecular weight is 248 g/mol. The zero-order valence-corrected chi connectivity index (χ0v) is 11.9. The van der Waals surface area contributed by atoms with Gasteiger partial charge >= 0.3 is 0 Å². The third kappa shape index (κ3) is 4.92. The van der Waals surface area contributed by atoms with E-state index in [0.717, 1.165) is 17.7 Å². The lowest BCUT2D eigenvalue weighted by Gasteiger charge is -2.27. The molecule has 1 rings (SSSR count). The largest absolute Gasteiger partial charge is 0.462 e. The third-order valence-corrected chi connectivity index (χ3v) is 2.64. The molecular weight excluding hydrogens is 224 g/mol. The van der Waals surface area contributed by atoms with Crippen LogP contribution in [-0.4, -0.2) is 12.4 Å². The van der Waals surface area contributed by atoms with Gasteiger partial charge in [0.1, 0.15) is 5.75 Å². The second-order valence-corrected chi connectivity index (χ2v) is 5.27. The first-order valence-corrected chi connectivity index (χ1v) is 6.49. The van der Waals surface area contributed by atoms with Crippen molar-refractivity contribution in [3.8, 4) is 5.75 Å². The molecule has 1 aromatic rings. The molecule has 0 amide bonds. The first-order valence-electron chi connectivity index (χ1n) is 6.49. The summed E-state index contributed by atoms with van der Waals surface area (Å²) in [6.07, 6.45) is 2.83. The smallest absolute Gasteiger partial charge is 0.204 e. The van der Waals surface area contributed by atoms with Gasteiger partial charge in [0.2, 0.25) is 5.79 Å². The summed E-state index contributed by atoms with van der Waals surface area (Å²) in [5.41, 5.74) is 0.984. The molecule has 0 aliphatic carbocycles. The number of ether oxygens (including phenoxy) is 2. The van der Waals surface area contributed by atoms with Crippen molar-refractivity contribution in [2.24, 2.45) is 5.92 Å². The van der Waals surface area contributed by atoms with Crippen molar-refractivity contribution in [2.45, 2.75) is 39.9 Å². The van der Waals surface area contributed by atoms with Crippen molar-refractivity contribution >= 4 is 6.08 Å². The molecule has 0 saturated heterocycles. The molecule has 0 radical (unpaired) electrons. The van der Waals surface area contributed by atoms with Crippen LogP contribution in [0, 0.1) is 5.92 Å². The maximum atomic E-state index is 5.91. The van der Waals surface area contributed by atoms with Crippen LogP contribution in [0.2, 0.25) is 0 Å². The van der Waals surface area contributed by atoms with Gasteiger partial charge in [-0.15, -0.1) is 0 Å². The number of rotatable bonds is 7. The topological polar surface area (TPSA) is 18.5 Å². The lowest BCUT2D eigenvalue weighted by atomic mass is 10.1. The van der Waals surface area contributed by atoms with Gasteiger partial charge in [-0.1, -0.05) is 44.7 Å². The normalized spacial score (nSPS) is 11.6. The number of hydrogen-bond donors (Lipinski definition) is 0. The minimum absolute atomic E-state index is 0.617. The van der Waals surface area contributed by atoms with E-state index in [-0.39, 0.29) is 0 Å². The van der Waals surface area contributed by atoms with Gasteiger partial charge in [-0.2, -0.15) is 0 Å². The highest BCUT2D eigenvalue weighted by molar-refractivity contribution is 5.55. The van der Waals surface area contributed by atoms with Gasteiger partial charge in [-0.05, 0) is 18.4 Å². The van der Waals surface area contributed by atoms with E-state index < -0.39 is 5.79 Å². The molecular formula is C16H24O2. The van der Waals surface area contributed by atoms with Crippen LogP contribution >= 0.6 is 0 Å². The summed E-state index contributed by atoms with van der Waals surface area (Å²) in [5.74, 6) is 0.830. The van der Waals surface area contributed by atoms with Crippen LogP contribution in [-0.2, 0) is 4.74 Å². The van der Waals surface area contributed by atoms with Crippen LogP contribution in [0.3, 0.4) is 0 Å². The van der Waals surface area contributed by atoms with Gasteiger partial charge in [-0.25, -0.2) is 0 Å². The molecule has 2 heteroatoms. The minimum Gasteiger partial charge on any atom is -0.462 e. The molecule has 0 heterocycles. The lowest BCUT2D eigenvalue weighted by molar-refractivity contribution is -0.158. The highest BCUT2D eigenvalue weighted by Crippen LogP contribution is 2.24. The standard InChI is InChI=1S/C16H24O2/c1-6-14-9-7-8-10-15(14)18-16(4,5)17-12-11-13(2)3/h6-10,13H,1,11-12H2,2-5H3. The van der Waals surface area contributed by atoms with Crippen LogP contribution in [0.4, 0.5) is 0 Å². The first kappa shape index (κ1) is 14.8. The van der Waals surface area contributed by atoms with Gasteiger partial charge in [0, 0.05) is 19.4 Å². The summed E-state index contributed by atoms with van der Waals surface area (Å²) in [5, 5.41) is 0. The average Bonchev–Trinajstić information content (AvgIpc) is 2.28. The Morgan fingerprint density at radius 1 is 1.28 bits per heavy atom. The van der Waals surface area contributed by atoms with Gasteiger partial charge in [0.05, 0.1) is 6.61 Å². The fraction of sp³-hybridized carbons (Fsp3) is 0.500. The highest BCUT2D eigenvalue weighted by atomic mass is 16.7. The molecule has 2 nitrogen and oxygen atoms in total. The molecule has 0 fully saturated rings. The second kappa shape index (κ2) is 6.60. The maximum absolute atomic E-state index is 5.91. The quantitative estimate of drug-likeness (QED) is 0.661. The van der Waals surface area contributed by atoms with E-state index in [4.69, 9.17) is 9.47 Å². The van der Waals surface area contributed by atoms with Crippen LogP contribution in [0.5, 0.6) is 5.75 Å². The zero-order chi connectivity index (χ0) is 13.6. The Kier molecular flexibility index (Phi) is 5.42. The Morgan fingerprint density at radius 2 is 1.94 bits per heavy atom. The van der Waals surface area contributed by atoms with Gasteiger partial charge in [0.15, 0.2) is 0 Å². The van der Waals surface area contributed by atoms with Crippen LogP contribution in [0.15, 0.2) is 30.8 Å². The Morgan fingerprint density at radius 3 is 2.56 bits per heavy atom. The van der Waals surface area contributed by atoms with Crippen LogP contribution < -0.4 is 4.74 Å². The van der Waals surface area contributed by atoms with Crippen molar-refractivity contribution in [1.82, 2.24) is 0 Å². The molecule has 0 aliphatic rings. The van der Waals surface area contributed by atoms with E-state index >= 15 is 0 Å². The van der Waals surface area contributed by atoms with E-state index in [2.05, 4.69) is 20.4 Å². The van der Waals surface area contributed by atoms with Gasteiger partial charge in [-0.3, -0.25) is 0 Å². The third-order valence-electron chi connectivity index (χ3n) is 2.64. The van der Waals surface area contributed by atoms with Gasteiger partial charge < -0.3 is 9.47 Å². The summed E-state index contributed by atoms with van der Waals surface area (Å²) in [4.78, 5) is 0. The summed E-state index contributed by atoms with van der Waals surface area (Å²) in [6, 6.07) is 7.83. The van der Waals surface area contributed by atoms with Crippen molar-refractivity contribution in [3.05, 3.63) is 36.4 Å². The Hall–Kier alpha value is -1.28.